The molecule has 5 unspecified atom stereocenters. The quantitative estimate of drug-likeness (QED) is 0.0146. The van der Waals surface area contributed by atoms with E-state index < -0.39 is 91.5 Å². The van der Waals surface area contributed by atoms with Gasteiger partial charge in [-0.15, -0.1) is 0 Å². The van der Waals surface area contributed by atoms with E-state index in [-0.39, 0.29) is 19.3 Å². The third kappa shape index (κ3) is 95.7. The number of unbranched alkanes of at least 4 members (excludes halogenated alkanes) is 43. The fourth-order valence-corrected chi connectivity index (χ4v) is 14.9. The Bertz CT molecular complexity index is 2830. The number of carbonyl (C=O) groups excluding carboxylic acids is 3. The number of phosphoric acid groups is 2. The Hall–Kier alpha value is -4.83. The highest BCUT2D eigenvalue weighted by Crippen LogP contribution is 2.45. The molecule has 18 heteroatoms. The van der Waals surface area contributed by atoms with Crippen LogP contribution in [0.5, 0.6) is 0 Å². The van der Waals surface area contributed by atoms with Gasteiger partial charge in [0, 0.05) is 19.3 Å². The van der Waals surface area contributed by atoms with Crippen molar-refractivity contribution in [3.8, 4) is 0 Å². The molecule has 0 bridgehead atoms. The second-order valence-corrected chi connectivity index (χ2v) is 35.4. The van der Waals surface area contributed by atoms with Crippen LogP contribution in [0.25, 0.3) is 0 Å². The highest BCUT2D eigenvalue weighted by atomic mass is 31.2. The van der Waals surface area contributed by atoms with Gasteiger partial charge in [-0.3, -0.25) is 32.5 Å². The number of rotatable bonds is 92. The summed E-state index contributed by atoms with van der Waals surface area (Å²) in [5.41, 5.74) is 0. The molecule has 0 heterocycles. The predicted molar refractivity (Wildman–Crippen MR) is 509 cm³/mol. The lowest BCUT2D eigenvalue weighted by molar-refractivity contribution is -0.161. The van der Waals surface area contributed by atoms with E-state index in [1.807, 2.05) is 0 Å². The molecule has 0 aromatic carbocycles. The van der Waals surface area contributed by atoms with Gasteiger partial charge < -0.3 is 34.2 Å². The van der Waals surface area contributed by atoms with Crippen LogP contribution in [-0.2, 0) is 55.8 Å². The number of ether oxygens (including phenoxy) is 3. The predicted octanol–water partition coefficient (Wildman–Crippen LogP) is 30.5. The summed E-state index contributed by atoms with van der Waals surface area (Å²) in [4.78, 5) is 59.0. The van der Waals surface area contributed by atoms with Crippen molar-refractivity contribution in [2.24, 2.45) is 0 Å². The summed E-state index contributed by atoms with van der Waals surface area (Å²) in [5, 5.41) is 20.8. The summed E-state index contributed by atoms with van der Waals surface area (Å²) in [6.45, 7) is 2.53. The van der Waals surface area contributed by atoms with E-state index in [0.29, 0.717) is 19.3 Å². The number of hydrogen-bond donors (Lipinski definition) is 4. The lowest BCUT2D eigenvalue weighted by atomic mass is 10.0. The smallest absolute Gasteiger partial charge is 0.463 e. The van der Waals surface area contributed by atoms with Crippen LogP contribution in [0.4, 0.5) is 0 Å². The molecule has 16 nitrogen and oxygen atoms in total. The summed E-state index contributed by atoms with van der Waals surface area (Å²) in [5.74, 6) is -1.60. The van der Waals surface area contributed by atoms with Gasteiger partial charge in [0.05, 0.1) is 26.4 Å². The normalized spacial score (nSPS) is 14.4. The van der Waals surface area contributed by atoms with Crippen LogP contribution in [0.1, 0.15) is 419 Å². The number of aliphatic hydroxyl groups is 2. The maximum atomic E-state index is 13.1. The number of phosphoric ester groups is 2. The maximum Gasteiger partial charge on any atom is 0.472 e. The third-order valence-electron chi connectivity index (χ3n) is 20.7. The Kier molecular flexibility index (Phi) is 90.5. The number of aliphatic hydroxyl groups excluding tert-OH is 2. The molecule has 0 aliphatic rings. The minimum absolute atomic E-state index is 0.0633. The Morgan fingerprint density at radius 3 is 0.702 bits per heavy atom. The molecule has 0 radical (unpaired) electrons. The van der Waals surface area contributed by atoms with E-state index in [1.165, 1.54) is 231 Å². The van der Waals surface area contributed by atoms with Gasteiger partial charge in [0.1, 0.15) is 25.4 Å². The maximum absolute atomic E-state index is 13.1. The number of hydrogen-bond acceptors (Lipinski definition) is 14. The van der Waals surface area contributed by atoms with Crippen molar-refractivity contribution in [2.45, 2.75) is 437 Å². The van der Waals surface area contributed by atoms with Crippen LogP contribution in [0.15, 0.2) is 158 Å². The van der Waals surface area contributed by atoms with Gasteiger partial charge in [-0.05, 0) is 154 Å². The SMILES string of the molecule is CC/C=C\C/C=C\C/C=C\C/C=C\C/C=C\CCCCCC(=O)OC(COC(=O)CCCCCCCCCCCCCCCCCCC/C=C\C/C=C\C/C=C\C/C=C\CCCCC)COP(=O)(O)OCC(O)COP(=O)(O)OCC(O)COC(=O)CCCCCCCCCCCCCCCCCCC/C=C\C/C=C\C/C=C\C/C=C\CCCCC. The fraction of sp³-hybridized carbons (Fsp3) is 0.718. The van der Waals surface area contributed by atoms with E-state index in [0.717, 1.165) is 128 Å². The zero-order chi connectivity index (χ0) is 87.9. The molecule has 0 aromatic rings. The zero-order valence-corrected chi connectivity index (χ0v) is 78.7. The van der Waals surface area contributed by atoms with Gasteiger partial charge in [-0.1, -0.05) is 403 Å². The van der Waals surface area contributed by atoms with Crippen molar-refractivity contribution >= 4 is 33.6 Å². The van der Waals surface area contributed by atoms with Gasteiger partial charge >= 0.3 is 33.6 Å². The molecule has 0 spiro atoms. The Labute approximate surface area is 740 Å². The minimum atomic E-state index is -4.95. The summed E-state index contributed by atoms with van der Waals surface area (Å²) in [6.07, 6.45) is 122. The zero-order valence-electron chi connectivity index (χ0n) is 76.9. The molecule has 0 saturated carbocycles. The average molecular weight is 1730 g/mol. The number of esters is 3. The van der Waals surface area contributed by atoms with Crippen LogP contribution in [0, 0.1) is 0 Å². The van der Waals surface area contributed by atoms with E-state index in [4.69, 9.17) is 32.3 Å². The molecule has 5 atom stereocenters. The molecule has 0 rings (SSSR count). The van der Waals surface area contributed by atoms with Crippen molar-refractivity contribution in [1.82, 2.24) is 0 Å². The lowest BCUT2D eigenvalue weighted by Crippen LogP contribution is -2.30. The molecule has 0 aliphatic heterocycles. The van der Waals surface area contributed by atoms with Crippen LogP contribution >= 0.6 is 15.6 Å². The van der Waals surface area contributed by atoms with Crippen molar-refractivity contribution in [2.75, 3.05) is 39.6 Å². The van der Waals surface area contributed by atoms with Crippen molar-refractivity contribution in [3.05, 3.63) is 158 Å². The molecule has 4 N–H and O–H groups in total. The highest BCUT2D eigenvalue weighted by molar-refractivity contribution is 7.47. The average Bonchev–Trinajstić information content (AvgIpc) is 0.901. The van der Waals surface area contributed by atoms with Crippen molar-refractivity contribution in [3.63, 3.8) is 0 Å². The summed E-state index contributed by atoms with van der Waals surface area (Å²) < 4.78 is 61.5. The Balaban J connectivity index is 4.52. The lowest BCUT2D eigenvalue weighted by Gasteiger charge is -2.21. The summed E-state index contributed by atoms with van der Waals surface area (Å²) in [7, 11) is -9.82. The van der Waals surface area contributed by atoms with Crippen molar-refractivity contribution in [1.29, 1.82) is 0 Å². The molecule has 0 amide bonds. The van der Waals surface area contributed by atoms with Crippen LogP contribution in [0.2, 0.25) is 0 Å². The largest absolute Gasteiger partial charge is 0.472 e. The standard InChI is InChI=1S/C103H178O16P2/c1-4-7-10-13-16-19-22-25-28-31-34-36-38-40-42-44-46-48-50-52-54-56-58-60-63-65-68-71-74-77-80-83-86-89-101(106)113-92-98(104)93-115-120(109,110)116-94-99(105)95-117-121(111,112)118-97-100(119-103(108)91-88-85-82-79-76-73-70-67-62-33-30-27-24-21-18-15-12-9-6-3)96-114-102(107)90-87-84-81-78-75-72-69-66-64-61-59-57-55-53-51-49-47-45-43-41-39-37-35-32-29-26-23-20-17-14-11-8-5-2/h9,12,16-21,25-30,34-37,40-43,62,67,73,76,98-100,104-105H,4-8,10-11,13-15,22-24,31-33,38-39,44-61,63-66,68-72,74-75,77-97H2,1-3H3,(H,109,110)(H,111,112)/b12-9-,19-16-,20-17-,21-18-,28-25-,29-26-,30-27-,36-34-,37-35-,42-40-,43-41-,67-62-,76-73-. The van der Waals surface area contributed by atoms with E-state index in [1.54, 1.807) is 0 Å². The first kappa shape index (κ1) is 116. The number of carbonyl (C=O) groups is 3. The first-order valence-electron chi connectivity index (χ1n) is 48.8. The molecule has 0 aliphatic carbocycles. The van der Waals surface area contributed by atoms with Gasteiger partial charge in [0.15, 0.2) is 6.10 Å². The monoisotopic (exact) mass is 1730 g/mol. The Morgan fingerprint density at radius 1 is 0.240 bits per heavy atom. The van der Waals surface area contributed by atoms with E-state index >= 15 is 0 Å². The molecule has 0 aromatic heterocycles. The molecular formula is C103H178O16P2. The van der Waals surface area contributed by atoms with Gasteiger partial charge in [-0.25, -0.2) is 9.13 Å². The van der Waals surface area contributed by atoms with Crippen LogP contribution < -0.4 is 0 Å². The van der Waals surface area contributed by atoms with Gasteiger partial charge in [-0.2, -0.15) is 0 Å². The second kappa shape index (κ2) is 94.3. The highest BCUT2D eigenvalue weighted by Gasteiger charge is 2.30. The molecular weight excluding hydrogens is 1560 g/mol. The fourth-order valence-electron chi connectivity index (χ4n) is 13.3. The van der Waals surface area contributed by atoms with Gasteiger partial charge in [0.25, 0.3) is 0 Å². The minimum Gasteiger partial charge on any atom is -0.463 e. The topological polar surface area (TPSA) is 231 Å². The second-order valence-electron chi connectivity index (χ2n) is 32.5. The first-order chi connectivity index (χ1) is 59.2. The molecule has 121 heavy (non-hydrogen) atoms. The van der Waals surface area contributed by atoms with Crippen LogP contribution in [-0.4, -0.2) is 95.9 Å². The van der Waals surface area contributed by atoms with E-state index in [9.17, 15) is 43.5 Å². The molecule has 0 fully saturated rings. The first-order valence-corrected chi connectivity index (χ1v) is 51.8. The molecule has 0 saturated heterocycles. The summed E-state index contributed by atoms with van der Waals surface area (Å²) >= 11 is 0. The molecule has 696 valence electrons. The summed E-state index contributed by atoms with van der Waals surface area (Å²) in [6, 6.07) is 0. The van der Waals surface area contributed by atoms with E-state index in [2.05, 4.69) is 179 Å². The van der Waals surface area contributed by atoms with Crippen LogP contribution in [0.3, 0.4) is 0 Å². The number of allylic oxidation sites excluding steroid dienone is 26. The van der Waals surface area contributed by atoms with Crippen molar-refractivity contribution < 1.29 is 75.8 Å². The Morgan fingerprint density at radius 2 is 0.438 bits per heavy atom. The van der Waals surface area contributed by atoms with Gasteiger partial charge in [0.2, 0.25) is 0 Å². The third-order valence-corrected chi connectivity index (χ3v) is 22.6.